The molecule has 0 saturated heterocycles. The van der Waals surface area contributed by atoms with Gasteiger partial charge in [-0.05, 0) is 24.7 Å². The Kier molecular flexibility index (Phi) is 4.07. The maximum Gasteiger partial charge on any atom is 0.0575 e. The Hall–Kier alpha value is -0.0400. The normalized spacial score (nSPS) is 22.0. The second kappa shape index (κ2) is 4.86. The molecular formula is C11H22O. The summed E-state index contributed by atoms with van der Waals surface area (Å²) in [5.74, 6) is 1.47. The molecule has 1 saturated carbocycles. The van der Waals surface area contributed by atoms with Gasteiger partial charge in [-0.1, -0.05) is 33.6 Å². The van der Waals surface area contributed by atoms with Gasteiger partial charge in [0.2, 0.25) is 0 Å². The molecular weight excluding hydrogens is 148 g/mol. The minimum Gasteiger partial charge on any atom is -0.378 e. The fraction of sp³-hybridized carbons (Fsp3) is 1.00. The minimum atomic E-state index is 0.589. The standard InChI is InChI=1S/C11H22O/c1-9(2)10(3)8-12-11-6-4-5-7-11/h9-11H,4-8H2,1-3H3. The number of hydrogen-bond donors (Lipinski definition) is 0. The molecule has 0 aromatic carbocycles. The van der Waals surface area contributed by atoms with E-state index in [-0.39, 0.29) is 0 Å². The lowest BCUT2D eigenvalue weighted by Crippen LogP contribution is -2.17. The second-order valence-corrected chi connectivity index (χ2v) is 4.46. The van der Waals surface area contributed by atoms with E-state index in [0.29, 0.717) is 12.0 Å². The van der Waals surface area contributed by atoms with E-state index in [1.165, 1.54) is 25.7 Å². The SMILES string of the molecule is CC(C)C(C)COC1CCCC1. The van der Waals surface area contributed by atoms with Crippen molar-refractivity contribution in [3.8, 4) is 0 Å². The molecule has 72 valence electrons. The summed E-state index contributed by atoms with van der Waals surface area (Å²) in [6.45, 7) is 7.77. The topological polar surface area (TPSA) is 9.23 Å². The van der Waals surface area contributed by atoms with E-state index >= 15 is 0 Å². The van der Waals surface area contributed by atoms with Gasteiger partial charge in [0.15, 0.2) is 0 Å². The van der Waals surface area contributed by atoms with Crippen LogP contribution in [0.15, 0.2) is 0 Å². The Labute approximate surface area is 76.5 Å². The summed E-state index contributed by atoms with van der Waals surface area (Å²) in [7, 11) is 0. The lowest BCUT2D eigenvalue weighted by Gasteiger charge is -2.18. The van der Waals surface area contributed by atoms with E-state index in [1.54, 1.807) is 0 Å². The third kappa shape index (κ3) is 3.14. The maximum atomic E-state index is 5.83. The maximum absolute atomic E-state index is 5.83. The molecule has 1 aliphatic rings. The third-order valence-electron chi connectivity index (χ3n) is 3.04. The van der Waals surface area contributed by atoms with Crippen LogP contribution in [0.1, 0.15) is 46.5 Å². The highest BCUT2D eigenvalue weighted by molar-refractivity contribution is 4.67. The van der Waals surface area contributed by atoms with Crippen molar-refractivity contribution in [2.45, 2.75) is 52.6 Å². The van der Waals surface area contributed by atoms with Gasteiger partial charge in [0, 0.05) is 6.61 Å². The molecule has 0 radical (unpaired) electrons. The van der Waals surface area contributed by atoms with Crippen LogP contribution in [0, 0.1) is 11.8 Å². The van der Waals surface area contributed by atoms with Crippen LogP contribution >= 0.6 is 0 Å². The van der Waals surface area contributed by atoms with Gasteiger partial charge in [-0.3, -0.25) is 0 Å². The van der Waals surface area contributed by atoms with E-state index < -0.39 is 0 Å². The number of hydrogen-bond acceptors (Lipinski definition) is 1. The molecule has 1 heteroatoms. The largest absolute Gasteiger partial charge is 0.378 e. The van der Waals surface area contributed by atoms with Crippen molar-refractivity contribution in [2.75, 3.05) is 6.61 Å². The van der Waals surface area contributed by atoms with Crippen LogP contribution in [0.25, 0.3) is 0 Å². The fourth-order valence-corrected chi connectivity index (χ4v) is 1.54. The van der Waals surface area contributed by atoms with Crippen molar-refractivity contribution < 1.29 is 4.74 Å². The zero-order valence-corrected chi connectivity index (χ0v) is 8.68. The summed E-state index contributed by atoms with van der Waals surface area (Å²) < 4.78 is 5.83. The predicted molar refractivity (Wildman–Crippen MR) is 52.2 cm³/mol. The zero-order chi connectivity index (χ0) is 8.97. The van der Waals surface area contributed by atoms with Crippen LogP contribution in [0.5, 0.6) is 0 Å². The molecule has 0 bridgehead atoms. The first-order chi connectivity index (χ1) is 5.70. The molecule has 0 amide bonds. The van der Waals surface area contributed by atoms with Crippen LogP contribution in [-0.4, -0.2) is 12.7 Å². The van der Waals surface area contributed by atoms with Gasteiger partial charge < -0.3 is 4.74 Å². The average Bonchev–Trinajstić information content (AvgIpc) is 2.51. The Morgan fingerprint density at radius 3 is 2.25 bits per heavy atom. The summed E-state index contributed by atoms with van der Waals surface area (Å²) in [5.41, 5.74) is 0. The molecule has 12 heavy (non-hydrogen) atoms. The van der Waals surface area contributed by atoms with Crippen molar-refractivity contribution in [3.05, 3.63) is 0 Å². The number of ether oxygens (including phenoxy) is 1. The van der Waals surface area contributed by atoms with Crippen molar-refractivity contribution in [2.24, 2.45) is 11.8 Å². The molecule has 0 aromatic heterocycles. The van der Waals surface area contributed by atoms with Gasteiger partial charge in [-0.2, -0.15) is 0 Å². The Bertz CT molecular complexity index is 112. The first-order valence-corrected chi connectivity index (χ1v) is 5.31. The summed E-state index contributed by atoms with van der Waals surface area (Å²) in [6.07, 6.45) is 5.93. The van der Waals surface area contributed by atoms with E-state index in [1.807, 2.05) is 0 Å². The van der Waals surface area contributed by atoms with Crippen molar-refractivity contribution in [1.82, 2.24) is 0 Å². The third-order valence-corrected chi connectivity index (χ3v) is 3.04. The molecule has 0 heterocycles. The summed E-state index contributed by atoms with van der Waals surface area (Å²) in [6, 6.07) is 0. The minimum absolute atomic E-state index is 0.589. The molecule has 0 aromatic rings. The second-order valence-electron chi connectivity index (χ2n) is 4.46. The molecule has 1 fully saturated rings. The van der Waals surface area contributed by atoms with Crippen LogP contribution in [0.3, 0.4) is 0 Å². The summed E-state index contributed by atoms with van der Waals surface area (Å²) >= 11 is 0. The molecule has 0 aliphatic heterocycles. The molecule has 1 unspecified atom stereocenters. The predicted octanol–water partition coefficient (Wildman–Crippen LogP) is 3.24. The average molecular weight is 170 g/mol. The summed E-state index contributed by atoms with van der Waals surface area (Å²) in [4.78, 5) is 0. The quantitative estimate of drug-likeness (QED) is 0.629. The first kappa shape index (κ1) is 10.0. The lowest BCUT2D eigenvalue weighted by molar-refractivity contribution is 0.0275. The molecule has 1 atom stereocenters. The van der Waals surface area contributed by atoms with Crippen molar-refractivity contribution in [3.63, 3.8) is 0 Å². The molecule has 1 rings (SSSR count). The number of rotatable bonds is 4. The van der Waals surface area contributed by atoms with Gasteiger partial charge in [-0.25, -0.2) is 0 Å². The van der Waals surface area contributed by atoms with Crippen molar-refractivity contribution in [1.29, 1.82) is 0 Å². The van der Waals surface area contributed by atoms with Crippen LogP contribution in [-0.2, 0) is 4.74 Å². The van der Waals surface area contributed by atoms with Crippen LogP contribution in [0.4, 0.5) is 0 Å². The van der Waals surface area contributed by atoms with E-state index in [9.17, 15) is 0 Å². The van der Waals surface area contributed by atoms with Gasteiger partial charge in [0.1, 0.15) is 0 Å². The van der Waals surface area contributed by atoms with Crippen LogP contribution in [0.2, 0.25) is 0 Å². The molecule has 0 spiro atoms. The van der Waals surface area contributed by atoms with Crippen molar-refractivity contribution >= 4 is 0 Å². The monoisotopic (exact) mass is 170 g/mol. The molecule has 1 nitrogen and oxygen atoms in total. The Balaban J connectivity index is 2.07. The van der Waals surface area contributed by atoms with Gasteiger partial charge in [0.25, 0.3) is 0 Å². The van der Waals surface area contributed by atoms with E-state index in [4.69, 9.17) is 4.74 Å². The van der Waals surface area contributed by atoms with Gasteiger partial charge in [0.05, 0.1) is 6.10 Å². The van der Waals surface area contributed by atoms with Crippen LogP contribution < -0.4 is 0 Å². The highest BCUT2D eigenvalue weighted by Gasteiger charge is 2.17. The highest BCUT2D eigenvalue weighted by atomic mass is 16.5. The molecule has 1 aliphatic carbocycles. The van der Waals surface area contributed by atoms with Gasteiger partial charge >= 0.3 is 0 Å². The smallest absolute Gasteiger partial charge is 0.0575 e. The Morgan fingerprint density at radius 1 is 1.17 bits per heavy atom. The Morgan fingerprint density at radius 2 is 1.75 bits per heavy atom. The van der Waals surface area contributed by atoms with E-state index in [0.717, 1.165) is 12.5 Å². The zero-order valence-electron chi connectivity index (χ0n) is 8.68. The summed E-state index contributed by atoms with van der Waals surface area (Å²) in [5, 5.41) is 0. The highest BCUT2D eigenvalue weighted by Crippen LogP contribution is 2.22. The van der Waals surface area contributed by atoms with Gasteiger partial charge in [-0.15, -0.1) is 0 Å². The lowest BCUT2D eigenvalue weighted by atomic mass is 9.99. The molecule has 0 N–H and O–H groups in total. The fourth-order valence-electron chi connectivity index (χ4n) is 1.54. The first-order valence-electron chi connectivity index (χ1n) is 5.31. The van der Waals surface area contributed by atoms with E-state index in [2.05, 4.69) is 20.8 Å².